The van der Waals surface area contributed by atoms with Gasteiger partial charge in [-0.05, 0) is 67.0 Å². The van der Waals surface area contributed by atoms with Gasteiger partial charge in [0.1, 0.15) is 23.7 Å². The van der Waals surface area contributed by atoms with Gasteiger partial charge < -0.3 is 14.4 Å². The molecule has 0 N–H and O–H groups in total. The van der Waals surface area contributed by atoms with Crippen LogP contribution < -0.4 is 9.47 Å². The summed E-state index contributed by atoms with van der Waals surface area (Å²) in [5.41, 5.74) is 9.89. The minimum absolute atomic E-state index is 0.0471. The number of fused-ring (bicyclic) bond motifs is 7. The first-order valence-electron chi connectivity index (χ1n) is 20.2. The monoisotopic (exact) mass is 693 g/mol. The van der Waals surface area contributed by atoms with Gasteiger partial charge in [0.2, 0.25) is 0 Å². The molecule has 0 bridgehead atoms. The fourth-order valence-corrected chi connectivity index (χ4v) is 11.5. The van der Waals surface area contributed by atoms with Crippen molar-refractivity contribution in [3.05, 3.63) is 185 Å². The second-order valence-electron chi connectivity index (χ2n) is 16.2. The first kappa shape index (κ1) is 31.5. The lowest BCUT2D eigenvalue weighted by Gasteiger charge is -2.50. The van der Waals surface area contributed by atoms with Crippen LogP contribution >= 0.6 is 0 Å². The van der Waals surface area contributed by atoms with Crippen molar-refractivity contribution in [2.75, 3.05) is 0 Å². The molecule has 9 aliphatic rings. The Morgan fingerprint density at radius 2 is 1.47 bits per heavy atom. The molecule has 10 unspecified atom stereocenters. The summed E-state index contributed by atoms with van der Waals surface area (Å²) in [6.07, 6.45) is 49.1. The number of para-hydroxylation sites is 1. The molecular formula is C50H47NO2. The third kappa shape index (κ3) is 4.99. The molecule has 3 heteroatoms. The summed E-state index contributed by atoms with van der Waals surface area (Å²) >= 11 is 0. The summed E-state index contributed by atoms with van der Waals surface area (Å²) in [5.74, 6) is 3.87. The number of hydrogen-bond donors (Lipinski definition) is 0. The van der Waals surface area contributed by atoms with Crippen LogP contribution in [0.25, 0.3) is 5.57 Å². The van der Waals surface area contributed by atoms with E-state index in [1.165, 1.54) is 33.5 Å². The lowest BCUT2D eigenvalue weighted by Crippen LogP contribution is -2.46. The quantitative estimate of drug-likeness (QED) is 0.298. The Bertz CT molecular complexity index is 2180. The maximum atomic E-state index is 7.44. The summed E-state index contributed by atoms with van der Waals surface area (Å²) in [6.45, 7) is 0. The maximum absolute atomic E-state index is 7.44. The van der Waals surface area contributed by atoms with Gasteiger partial charge in [-0.1, -0.05) is 139 Å². The van der Waals surface area contributed by atoms with Crippen molar-refractivity contribution in [2.24, 2.45) is 23.7 Å². The van der Waals surface area contributed by atoms with Gasteiger partial charge in [0, 0.05) is 58.8 Å². The normalized spacial score (nSPS) is 35.3. The number of rotatable bonds is 4. The standard InChI is InChI=1S/C50H47NO2/c1-3-16-32(17-4-1)34-23-13-27-41-48(46-39-21-8-11-29-43(39)52-44-30-12-9-22-40(44)46)47-36(24-15-31-45(47)53-50(34)41)38-26-14-25-37-35-20-7-10-28-42(35)51(49(37)38)33-18-5-2-6-19-33/h1-3,5,7-16,18,20-22,24-29,31,34-35,37,41-42,44,46,48-50H,4,6,17,19,23,30H2. The smallest absolute Gasteiger partial charge is 0.124 e. The molecule has 3 heterocycles. The molecule has 2 aromatic carbocycles. The molecule has 6 aliphatic carbocycles. The molecule has 0 aromatic heterocycles. The molecule has 3 nitrogen and oxygen atoms in total. The Hall–Kier alpha value is -5.02. The predicted octanol–water partition coefficient (Wildman–Crippen LogP) is 11.0. The van der Waals surface area contributed by atoms with Crippen LogP contribution in [0.5, 0.6) is 11.5 Å². The highest BCUT2D eigenvalue weighted by Crippen LogP contribution is 2.60. The van der Waals surface area contributed by atoms with E-state index in [0.29, 0.717) is 23.8 Å². The van der Waals surface area contributed by atoms with Crippen LogP contribution in [0, 0.1) is 23.7 Å². The second kappa shape index (κ2) is 12.8. The van der Waals surface area contributed by atoms with Crippen LogP contribution in [0.2, 0.25) is 0 Å². The van der Waals surface area contributed by atoms with Crippen LogP contribution in [-0.2, 0) is 0 Å². The van der Waals surface area contributed by atoms with Crippen molar-refractivity contribution in [3.8, 4) is 11.5 Å². The van der Waals surface area contributed by atoms with Gasteiger partial charge in [-0.25, -0.2) is 0 Å². The van der Waals surface area contributed by atoms with E-state index in [1.807, 2.05) is 0 Å². The van der Waals surface area contributed by atoms with Gasteiger partial charge in [0.05, 0.1) is 12.1 Å². The average molecular weight is 694 g/mol. The molecule has 1 saturated heterocycles. The van der Waals surface area contributed by atoms with Crippen molar-refractivity contribution < 1.29 is 9.47 Å². The van der Waals surface area contributed by atoms with Crippen LogP contribution in [0.15, 0.2) is 169 Å². The highest BCUT2D eigenvalue weighted by atomic mass is 16.5. The fraction of sp³-hybridized carbons (Fsp3) is 0.320. The molecule has 0 spiro atoms. The summed E-state index contributed by atoms with van der Waals surface area (Å²) in [7, 11) is 0. The van der Waals surface area contributed by atoms with Gasteiger partial charge >= 0.3 is 0 Å². The molecule has 1 fully saturated rings. The first-order valence-corrected chi connectivity index (χ1v) is 20.2. The SMILES string of the molecule is C1=CCCC(C2CC=CC3C2Oc2cccc(C4=CC=CC5C6C=CC=CC6N(C6=CC=CCC6)C45)c2C3C2C3=CC=CCC3Oc3ccccc32)=C1. The van der Waals surface area contributed by atoms with E-state index < -0.39 is 0 Å². The molecule has 2 aromatic rings. The van der Waals surface area contributed by atoms with Gasteiger partial charge in [0.25, 0.3) is 0 Å². The number of benzene rings is 2. The van der Waals surface area contributed by atoms with Gasteiger partial charge in [-0.3, -0.25) is 0 Å². The van der Waals surface area contributed by atoms with E-state index in [4.69, 9.17) is 9.47 Å². The molecule has 0 radical (unpaired) electrons. The zero-order valence-corrected chi connectivity index (χ0v) is 30.2. The van der Waals surface area contributed by atoms with Crippen LogP contribution in [-0.4, -0.2) is 29.2 Å². The fourth-order valence-electron chi connectivity index (χ4n) is 11.5. The molecule has 264 valence electrons. The lowest BCUT2D eigenvalue weighted by molar-refractivity contribution is 0.0611. The second-order valence-corrected chi connectivity index (χ2v) is 16.2. The summed E-state index contributed by atoms with van der Waals surface area (Å²) in [4.78, 5) is 2.79. The van der Waals surface area contributed by atoms with E-state index >= 15 is 0 Å². The van der Waals surface area contributed by atoms with E-state index in [0.717, 1.165) is 50.0 Å². The van der Waals surface area contributed by atoms with E-state index in [9.17, 15) is 0 Å². The lowest BCUT2D eigenvalue weighted by atomic mass is 9.60. The number of hydrogen-bond acceptors (Lipinski definition) is 3. The zero-order valence-electron chi connectivity index (χ0n) is 30.2. The number of ether oxygens (including phenoxy) is 2. The minimum atomic E-state index is 0.0471. The van der Waals surface area contributed by atoms with E-state index in [1.54, 1.807) is 5.57 Å². The molecule has 53 heavy (non-hydrogen) atoms. The Kier molecular flexibility index (Phi) is 7.63. The van der Waals surface area contributed by atoms with Crippen molar-refractivity contribution in [2.45, 2.75) is 74.7 Å². The van der Waals surface area contributed by atoms with Gasteiger partial charge in [0.15, 0.2) is 0 Å². The number of allylic oxidation sites excluding steroid dienone is 14. The number of nitrogens with zero attached hydrogens (tertiary/aromatic N) is 1. The highest BCUT2D eigenvalue weighted by Gasteiger charge is 2.53. The Balaban J connectivity index is 1.12. The number of likely N-dealkylation sites (tertiary alicyclic amines) is 1. The maximum Gasteiger partial charge on any atom is 0.124 e. The predicted molar refractivity (Wildman–Crippen MR) is 214 cm³/mol. The molecular weight excluding hydrogens is 647 g/mol. The molecule has 10 atom stereocenters. The largest absolute Gasteiger partial charge is 0.489 e. The summed E-state index contributed by atoms with van der Waals surface area (Å²) in [5, 5.41) is 0. The third-order valence-electron chi connectivity index (χ3n) is 13.7. The molecule has 0 saturated carbocycles. The average Bonchev–Trinajstić information content (AvgIpc) is 3.57. The van der Waals surface area contributed by atoms with Gasteiger partial charge in [-0.2, -0.15) is 0 Å². The topological polar surface area (TPSA) is 21.7 Å². The molecule has 11 rings (SSSR count). The van der Waals surface area contributed by atoms with Crippen molar-refractivity contribution >= 4 is 5.57 Å². The van der Waals surface area contributed by atoms with Crippen LogP contribution in [0.4, 0.5) is 0 Å². The van der Waals surface area contributed by atoms with E-state index in [2.05, 4.69) is 157 Å². The highest BCUT2D eigenvalue weighted by molar-refractivity contribution is 5.79. The molecule has 3 aliphatic heterocycles. The van der Waals surface area contributed by atoms with Gasteiger partial charge in [-0.15, -0.1) is 0 Å². The van der Waals surface area contributed by atoms with Crippen molar-refractivity contribution in [1.29, 1.82) is 0 Å². The summed E-state index contributed by atoms with van der Waals surface area (Å²) in [6, 6.07) is 16.5. The summed E-state index contributed by atoms with van der Waals surface area (Å²) < 4.78 is 14.2. The third-order valence-corrected chi connectivity index (χ3v) is 13.7. The minimum Gasteiger partial charge on any atom is -0.489 e. The zero-order chi connectivity index (χ0) is 34.9. The first-order chi connectivity index (χ1) is 26.3. The van der Waals surface area contributed by atoms with Crippen LogP contribution in [0.3, 0.4) is 0 Å². The van der Waals surface area contributed by atoms with E-state index in [-0.39, 0.29) is 36.0 Å². The Labute approximate surface area is 314 Å². The van der Waals surface area contributed by atoms with Crippen molar-refractivity contribution in [1.82, 2.24) is 4.90 Å². The van der Waals surface area contributed by atoms with Crippen LogP contribution in [0.1, 0.15) is 67.1 Å². The molecule has 0 amide bonds. The van der Waals surface area contributed by atoms with Crippen molar-refractivity contribution in [3.63, 3.8) is 0 Å². The Morgan fingerprint density at radius 1 is 0.623 bits per heavy atom. The Morgan fingerprint density at radius 3 is 2.38 bits per heavy atom.